The molecule has 0 aromatic heterocycles. The van der Waals surface area contributed by atoms with Gasteiger partial charge in [-0.2, -0.15) is 5.26 Å². The predicted molar refractivity (Wildman–Crippen MR) is 98.9 cm³/mol. The largest absolute Gasteiger partial charge is 0.497 e. The number of nitrogens with zero attached hydrogens (tertiary/aromatic N) is 4. The van der Waals surface area contributed by atoms with E-state index < -0.39 is 4.92 Å². The van der Waals surface area contributed by atoms with Gasteiger partial charge >= 0.3 is 0 Å². The smallest absolute Gasteiger partial charge is 0.293 e. The zero-order chi connectivity index (χ0) is 19.4. The molecule has 0 saturated carbocycles. The number of piperazine rings is 1. The summed E-state index contributed by atoms with van der Waals surface area (Å²) in [6, 6.07) is 13.3. The molecule has 3 rings (SSSR count). The second kappa shape index (κ2) is 7.74. The maximum absolute atomic E-state index is 12.6. The zero-order valence-electron chi connectivity index (χ0n) is 14.8. The van der Waals surface area contributed by atoms with Gasteiger partial charge in [0.2, 0.25) is 0 Å². The Morgan fingerprint density at radius 2 is 1.81 bits per heavy atom. The summed E-state index contributed by atoms with van der Waals surface area (Å²) in [4.78, 5) is 27.1. The molecule has 0 aliphatic carbocycles. The second-order valence-corrected chi connectivity index (χ2v) is 6.08. The first kappa shape index (κ1) is 18.2. The van der Waals surface area contributed by atoms with Crippen molar-refractivity contribution in [3.05, 3.63) is 63.7 Å². The number of benzene rings is 2. The molecule has 1 heterocycles. The van der Waals surface area contributed by atoms with Crippen molar-refractivity contribution in [3.8, 4) is 11.8 Å². The number of carbonyl (C=O) groups excluding carboxylic acids is 1. The predicted octanol–water partition coefficient (Wildman–Crippen LogP) is 2.44. The molecular weight excluding hydrogens is 348 g/mol. The molecule has 0 radical (unpaired) electrons. The molecule has 1 amide bonds. The van der Waals surface area contributed by atoms with Gasteiger partial charge in [0.05, 0.1) is 23.7 Å². The average Bonchev–Trinajstić information content (AvgIpc) is 2.73. The average molecular weight is 366 g/mol. The van der Waals surface area contributed by atoms with Crippen LogP contribution in [0.2, 0.25) is 0 Å². The Labute approximate surface area is 156 Å². The van der Waals surface area contributed by atoms with E-state index in [1.807, 2.05) is 11.0 Å². The van der Waals surface area contributed by atoms with Gasteiger partial charge in [-0.15, -0.1) is 0 Å². The van der Waals surface area contributed by atoms with Crippen molar-refractivity contribution in [1.29, 1.82) is 5.26 Å². The van der Waals surface area contributed by atoms with Crippen LogP contribution < -0.4 is 9.64 Å². The highest BCUT2D eigenvalue weighted by Crippen LogP contribution is 2.30. The second-order valence-electron chi connectivity index (χ2n) is 6.08. The molecule has 2 aromatic carbocycles. The van der Waals surface area contributed by atoms with Gasteiger partial charge in [-0.1, -0.05) is 0 Å². The lowest BCUT2D eigenvalue weighted by molar-refractivity contribution is -0.384. The van der Waals surface area contributed by atoms with Crippen molar-refractivity contribution in [3.63, 3.8) is 0 Å². The van der Waals surface area contributed by atoms with Gasteiger partial charge in [-0.05, 0) is 36.4 Å². The normalized spacial score (nSPS) is 13.8. The summed E-state index contributed by atoms with van der Waals surface area (Å²) in [6.07, 6.45) is 0. The molecule has 0 bridgehead atoms. The van der Waals surface area contributed by atoms with Gasteiger partial charge < -0.3 is 14.5 Å². The first-order valence-corrected chi connectivity index (χ1v) is 8.40. The van der Waals surface area contributed by atoms with E-state index in [0.29, 0.717) is 43.2 Å². The summed E-state index contributed by atoms with van der Waals surface area (Å²) in [5.41, 5.74) is 1.20. The van der Waals surface area contributed by atoms with Crippen LogP contribution >= 0.6 is 0 Å². The van der Waals surface area contributed by atoms with Gasteiger partial charge in [0.15, 0.2) is 0 Å². The summed E-state index contributed by atoms with van der Waals surface area (Å²) in [7, 11) is 1.57. The summed E-state index contributed by atoms with van der Waals surface area (Å²) in [5, 5.41) is 20.3. The highest BCUT2D eigenvalue weighted by Gasteiger charge is 2.26. The van der Waals surface area contributed by atoms with E-state index in [0.717, 1.165) is 0 Å². The van der Waals surface area contributed by atoms with Crippen molar-refractivity contribution in [2.24, 2.45) is 0 Å². The number of carbonyl (C=O) groups is 1. The number of nitro benzene ring substituents is 1. The zero-order valence-corrected chi connectivity index (χ0v) is 14.8. The van der Waals surface area contributed by atoms with E-state index in [-0.39, 0.29) is 17.2 Å². The number of rotatable bonds is 4. The molecule has 27 heavy (non-hydrogen) atoms. The van der Waals surface area contributed by atoms with Crippen molar-refractivity contribution in [2.45, 2.75) is 0 Å². The third-order valence-corrected chi connectivity index (χ3v) is 4.55. The van der Waals surface area contributed by atoms with Crippen molar-refractivity contribution in [1.82, 2.24) is 4.90 Å². The molecule has 0 unspecified atom stereocenters. The summed E-state index contributed by atoms with van der Waals surface area (Å²) >= 11 is 0. The maximum atomic E-state index is 12.6. The lowest BCUT2D eigenvalue weighted by atomic mass is 10.1. The maximum Gasteiger partial charge on any atom is 0.293 e. The summed E-state index contributed by atoms with van der Waals surface area (Å²) in [6.45, 7) is 1.88. The first-order valence-electron chi connectivity index (χ1n) is 8.40. The third-order valence-electron chi connectivity index (χ3n) is 4.55. The Balaban J connectivity index is 1.71. The van der Waals surface area contributed by atoms with Crippen molar-refractivity contribution in [2.75, 3.05) is 38.2 Å². The monoisotopic (exact) mass is 366 g/mol. The first-order chi connectivity index (χ1) is 13.0. The molecule has 8 heteroatoms. The Kier molecular flexibility index (Phi) is 5.22. The molecule has 1 aliphatic heterocycles. The highest BCUT2D eigenvalue weighted by atomic mass is 16.6. The van der Waals surface area contributed by atoms with Crippen LogP contribution in [0.4, 0.5) is 11.4 Å². The fraction of sp³-hybridized carbons (Fsp3) is 0.263. The van der Waals surface area contributed by atoms with Crippen LogP contribution in [0.5, 0.6) is 5.75 Å². The van der Waals surface area contributed by atoms with E-state index in [1.165, 1.54) is 6.07 Å². The summed E-state index contributed by atoms with van der Waals surface area (Å²) in [5.74, 6) is 0.608. The Hall–Kier alpha value is -3.60. The molecule has 1 saturated heterocycles. The van der Waals surface area contributed by atoms with Crippen LogP contribution in [0.1, 0.15) is 15.9 Å². The van der Waals surface area contributed by atoms with Gasteiger partial charge in [0.1, 0.15) is 11.4 Å². The van der Waals surface area contributed by atoms with Crippen molar-refractivity contribution < 1.29 is 14.5 Å². The Morgan fingerprint density at radius 3 is 2.37 bits per heavy atom. The fourth-order valence-corrected chi connectivity index (χ4v) is 3.07. The number of ether oxygens (including phenoxy) is 1. The summed E-state index contributed by atoms with van der Waals surface area (Å²) < 4.78 is 5.10. The van der Waals surface area contributed by atoms with Gasteiger partial charge in [0, 0.05) is 37.8 Å². The number of hydrogen-bond acceptors (Lipinski definition) is 6. The number of amides is 1. The van der Waals surface area contributed by atoms with Crippen LogP contribution in [-0.2, 0) is 0 Å². The molecule has 1 aliphatic rings. The minimum atomic E-state index is -0.481. The standard InChI is InChI=1S/C19H18N4O4/c1-27-16-5-3-15(4-6-16)19(24)22-10-8-21(9-11-22)17-7-2-14(13-20)12-18(17)23(25)26/h2-7,12H,8-11H2,1H3. The fourth-order valence-electron chi connectivity index (χ4n) is 3.07. The lowest BCUT2D eigenvalue weighted by Gasteiger charge is -2.35. The number of nitro groups is 1. The quantitative estimate of drug-likeness (QED) is 0.609. The van der Waals surface area contributed by atoms with Crippen LogP contribution in [0, 0.1) is 21.4 Å². The minimum absolute atomic E-state index is 0.0772. The lowest BCUT2D eigenvalue weighted by Crippen LogP contribution is -2.49. The SMILES string of the molecule is COc1ccc(C(=O)N2CCN(c3ccc(C#N)cc3[N+](=O)[O-])CC2)cc1. The third kappa shape index (κ3) is 3.82. The van der Waals surface area contributed by atoms with Crippen LogP contribution in [-0.4, -0.2) is 49.0 Å². The number of hydrogen-bond donors (Lipinski definition) is 0. The molecule has 138 valence electrons. The van der Waals surface area contributed by atoms with E-state index in [1.54, 1.807) is 48.4 Å². The van der Waals surface area contributed by atoms with E-state index in [9.17, 15) is 14.9 Å². The van der Waals surface area contributed by atoms with Crippen molar-refractivity contribution >= 4 is 17.3 Å². The molecule has 0 atom stereocenters. The molecule has 1 fully saturated rings. The molecule has 0 spiro atoms. The van der Waals surface area contributed by atoms with Crippen LogP contribution in [0.25, 0.3) is 0 Å². The molecule has 2 aromatic rings. The van der Waals surface area contributed by atoms with Crippen LogP contribution in [0.15, 0.2) is 42.5 Å². The van der Waals surface area contributed by atoms with Gasteiger partial charge in [-0.3, -0.25) is 14.9 Å². The molecule has 8 nitrogen and oxygen atoms in total. The number of anilines is 1. The van der Waals surface area contributed by atoms with Gasteiger partial charge in [-0.25, -0.2) is 0 Å². The van der Waals surface area contributed by atoms with E-state index in [2.05, 4.69) is 0 Å². The Bertz CT molecular complexity index is 897. The molecule has 0 N–H and O–H groups in total. The molecular formula is C19H18N4O4. The van der Waals surface area contributed by atoms with Gasteiger partial charge in [0.25, 0.3) is 11.6 Å². The van der Waals surface area contributed by atoms with E-state index >= 15 is 0 Å². The van der Waals surface area contributed by atoms with E-state index in [4.69, 9.17) is 10.00 Å². The van der Waals surface area contributed by atoms with Crippen LogP contribution in [0.3, 0.4) is 0 Å². The Morgan fingerprint density at radius 1 is 1.15 bits per heavy atom. The topological polar surface area (TPSA) is 99.7 Å². The highest BCUT2D eigenvalue weighted by molar-refractivity contribution is 5.94. The number of nitriles is 1. The number of methoxy groups -OCH3 is 1. The minimum Gasteiger partial charge on any atom is -0.497 e.